The number of amides is 1. The van der Waals surface area contributed by atoms with E-state index in [-0.39, 0.29) is 5.91 Å². The van der Waals surface area contributed by atoms with Crippen molar-refractivity contribution in [3.8, 4) is 5.69 Å². The number of carbonyl (C=O) groups is 1. The Hall–Kier alpha value is -2.21. The highest BCUT2D eigenvalue weighted by atomic mass is 16.2. The fraction of sp³-hybridized carbons (Fsp3) is 0.500. The topological polar surface area (TPSA) is 63.1 Å². The maximum Gasteiger partial charge on any atom is 0.229 e. The van der Waals surface area contributed by atoms with Gasteiger partial charge in [0.15, 0.2) is 0 Å². The van der Waals surface area contributed by atoms with Crippen LogP contribution in [0.3, 0.4) is 0 Å². The van der Waals surface area contributed by atoms with Gasteiger partial charge in [0.1, 0.15) is 0 Å². The van der Waals surface area contributed by atoms with E-state index in [0.29, 0.717) is 12.5 Å². The van der Waals surface area contributed by atoms with Gasteiger partial charge in [0.25, 0.3) is 0 Å². The molecule has 0 aliphatic carbocycles. The quantitative estimate of drug-likeness (QED) is 0.877. The van der Waals surface area contributed by atoms with Crippen LogP contribution in [0, 0.1) is 6.92 Å². The molecule has 1 saturated heterocycles. The SMILES string of the molecule is CCCN(C(=O)Cc1nnn(-c2ccccc2)c1C)C1CCNC1. The molecule has 6 nitrogen and oxygen atoms in total. The van der Waals surface area contributed by atoms with Crippen molar-refractivity contribution in [3.05, 3.63) is 41.7 Å². The molecule has 1 amide bonds. The van der Waals surface area contributed by atoms with Gasteiger partial charge in [-0.2, -0.15) is 0 Å². The summed E-state index contributed by atoms with van der Waals surface area (Å²) in [5, 5.41) is 11.8. The minimum atomic E-state index is 0.147. The minimum Gasteiger partial charge on any atom is -0.338 e. The van der Waals surface area contributed by atoms with Crippen LogP contribution in [-0.2, 0) is 11.2 Å². The Labute approximate surface area is 142 Å². The number of nitrogens with one attached hydrogen (secondary N) is 1. The Balaban J connectivity index is 1.75. The summed E-state index contributed by atoms with van der Waals surface area (Å²) in [4.78, 5) is 14.8. The molecule has 2 aromatic rings. The zero-order valence-corrected chi connectivity index (χ0v) is 14.4. The predicted molar refractivity (Wildman–Crippen MR) is 93.1 cm³/mol. The molecule has 1 fully saturated rings. The van der Waals surface area contributed by atoms with Crippen LogP contribution >= 0.6 is 0 Å². The maximum atomic E-state index is 12.8. The third-order valence-electron chi connectivity index (χ3n) is 4.57. The number of rotatable bonds is 6. The summed E-state index contributed by atoms with van der Waals surface area (Å²) < 4.78 is 1.80. The van der Waals surface area contributed by atoms with Gasteiger partial charge in [-0.15, -0.1) is 5.10 Å². The average Bonchev–Trinajstić information content (AvgIpc) is 3.24. The van der Waals surface area contributed by atoms with Crippen molar-refractivity contribution in [3.63, 3.8) is 0 Å². The first-order valence-electron chi connectivity index (χ1n) is 8.67. The van der Waals surface area contributed by atoms with E-state index in [2.05, 4.69) is 22.6 Å². The summed E-state index contributed by atoms with van der Waals surface area (Å²) in [6.07, 6.45) is 2.31. The molecule has 6 heteroatoms. The van der Waals surface area contributed by atoms with Crippen LogP contribution in [0.5, 0.6) is 0 Å². The van der Waals surface area contributed by atoms with Crippen LogP contribution < -0.4 is 5.32 Å². The third-order valence-corrected chi connectivity index (χ3v) is 4.57. The fourth-order valence-corrected chi connectivity index (χ4v) is 3.24. The molecule has 0 saturated carbocycles. The zero-order chi connectivity index (χ0) is 16.9. The molecule has 128 valence electrons. The van der Waals surface area contributed by atoms with E-state index in [9.17, 15) is 4.79 Å². The molecule has 1 atom stereocenters. The highest BCUT2D eigenvalue weighted by Crippen LogP contribution is 2.15. The molecular weight excluding hydrogens is 302 g/mol. The number of aromatic nitrogens is 3. The lowest BCUT2D eigenvalue weighted by molar-refractivity contribution is -0.132. The van der Waals surface area contributed by atoms with Crippen LogP contribution in [-0.4, -0.2) is 51.5 Å². The number of nitrogens with zero attached hydrogens (tertiary/aromatic N) is 4. The lowest BCUT2D eigenvalue weighted by Crippen LogP contribution is -2.43. The summed E-state index contributed by atoms with van der Waals surface area (Å²) in [6.45, 7) is 6.76. The van der Waals surface area contributed by atoms with E-state index in [0.717, 1.165) is 49.6 Å². The second-order valence-electron chi connectivity index (χ2n) is 6.28. The first kappa shape index (κ1) is 16.6. The molecule has 24 heavy (non-hydrogen) atoms. The Kier molecular flexibility index (Phi) is 5.25. The number of hydrogen-bond acceptors (Lipinski definition) is 4. The van der Waals surface area contributed by atoms with Gasteiger partial charge in [-0.05, 0) is 38.4 Å². The van der Waals surface area contributed by atoms with E-state index in [1.165, 1.54) is 0 Å². The molecule has 1 aliphatic heterocycles. The molecule has 1 aliphatic rings. The second-order valence-corrected chi connectivity index (χ2v) is 6.28. The highest BCUT2D eigenvalue weighted by Gasteiger charge is 2.27. The maximum absolute atomic E-state index is 12.8. The smallest absolute Gasteiger partial charge is 0.229 e. The van der Waals surface area contributed by atoms with Gasteiger partial charge in [-0.1, -0.05) is 30.3 Å². The normalized spacial score (nSPS) is 17.2. The molecule has 2 heterocycles. The Bertz CT molecular complexity index is 676. The van der Waals surface area contributed by atoms with Gasteiger partial charge in [0, 0.05) is 19.1 Å². The summed E-state index contributed by atoms with van der Waals surface area (Å²) in [5.74, 6) is 0.147. The molecule has 3 rings (SSSR count). The number of hydrogen-bond donors (Lipinski definition) is 1. The molecule has 0 bridgehead atoms. The van der Waals surface area contributed by atoms with Gasteiger partial charge in [0.2, 0.25) is 5.91 Å². The van der Waals surface area contributed by atoms with Crippen molar-refractivity contribution in [2.75, 3.05) is 19.6 Å². The Morgan fingerprint density at radius 1 is 1.38 bits per heavy atom. The van der Waals surface area contributed by atoms with Gasteiger partial charge in [0.05, 0.1) is 23.5 Å². The van der Waals surface area contributed by atoms with Crippen molar-refractivity contribution in [1.82, 2.24) is 25.2 Å². The van der Waals surface area contributed by atoms with Crippen LogP contribution in [0.2, 0.25) is 0 Å². The molecule has 0 spiro atoms. The van der Waals surface area contributed by atoms with Gasteiger partial charge in [-0.25, -0.2) is 4.68 Å². The lowest BCUT2D eigenvalue weighted by Gasteiger charge is -2.28. The predicted octanol–water partition coefficient (Wildman–Crippen LogP) is 1.72. The van der Waals surface area contributed by atoms with Crippen molar-refractivity contribution in [1.29, 1.82) is 0 Å². The first-order chi connectivity index (χ1) is 11.7. The summed E-state index contributed by atoms with van der Waals surface area (Å²) in [5.41, 5.74) is 2.65. The van der Waals surface area contributed by atoms with Gasteiger partial charge in [-0.3, -0.25) is 4.79 Å². The largest absolute Gasteiger partial charge is 0.338 e. The second kappa shape index (κ2) is 7.57. The van der Waals surface area contributed by atoms with Gasteiger partial charge < -0.3 is 10.2 Å². The Morgan fingerprint density at radius 2 is 2.17 bits per heavy atom. The van der Waals surface area contributed by atoms with Crippen LogP contribution in [0.25, 0.3) is 5.69 Å². The molecule has 1 aromatic heterocycles. The van der Waals surface area contributed by atoms with Crippen LogP contribution in [0.15, 0.2) is 30.3 Å². The third kappa shape index (κ3) is 3.48. The highest BCUT2D eigenvalue weighted by molar-refractivity contribution is 5.79. The number of benzene rings is 1. The van der Waals surface area contributed by atoms with E-state index >= 15 is 0 Å². The number of para-hydroxylation sites is 1. The summed E-state index contributed by atoms with van der Waals surface area (Å²) in [7, 11) is 0. The first-order valence-corrected chi connectivity index (χ1v) is 8.67. The van der Waals surface area contributed by atoms with Crippen molar-refractivity contribution in [2.24, 2.45) is 0 Å². The summed E-state index contributed by atoms with van der Waals surface area (Å²) in [6, 6.07) is 10.2. The monoisotopic (exact) mass is 327 g/mol. The molecule has 0 radical (unpaired) electrons. The zero-order valence-electron chi connectivity index (χ0n) is 14.4. The van der Waals surface area contributed by atoms with Crippen LogP contribution in [0.1, 0.15) is 31.2 Å². The van der Waals surface area contributed by atoms with Crippen molar-refractivity contribution >= 4 is 5.91 Å². The fourth-order valence-electron chi connectivity index (χ4n) is 3.24. The standard InChI is InChI=1S/C18H25N5O/c1-3-11-22(16-9-10-19-13-16)18(24)12-17-14(2)23(21-20-17)15-7-5-4-6-8-15/h4-8,16,19H,3,9-13H2,1-2H3. The van der Waals surface area contributed by atoms with E-state index in [1.807, 2.05) is 42.2 Å². The van der Waals surface area contributed by atoms with E-state index in [1.54, 1.807) is 4.68 Å². The van der Waals surface area contributed by atoms with Crippen molar-refractivity contribution < 1.29 is 4.79 Å². The van der Waals surface area contributed by atoms with E-state index in [4.69, 9.17) is 0 Å². The molecule has 1 N–H and O–H groups in total. The number of carbonyl (C=O) groups excluding carboxylic acids is 1. The van der Waals surface area contributed by atoms with Crippen molar-refractivity contribution in [2.45, 2.75) is 39.2 Å². The van der Waals surface area contributed by atoms with E-state index < -0.39 is 0 Å². The minimum absolute atomic E-state index is 0.147. The molecule has 1 unspecified atom stereocenters. The Morgan fingerprint density at radius 3 is 2.83 bits per heavy atom. The van der Waals surface area contributed by atoms with Gasteiger partial charge >= 0.3 is 0 Å². The average molecular weight is 327 g/mol. The molecular formula is C18H25N5O. The van der Waals surface area contributed by atoms with Crippen LogP contribution in [0.4, 0.5) is 0 Å². The lowest BCUT2D eigenvalue weighted by atomic mass is 10.1. The summed E-state index contributed by atoms with van der Waals surface area (Å²) >= 11 is 0. The molecule has 1 aromatic carbocycles.